The number of halogens is 2. The molecule has 6 aromatic rings. The number of aromatic nitrogens is 3. The standard InChI is InChI=1S/C36H30F2N6O6S/c1-21-27-15-23(24-16-32(36(48-2)40-19-24)44(51(46)47)31-12-9-25(37)18-28(31)38)17-33(34(27)42-20-41-21)50-14-13-49-26-10-7-22(8-11-26)35(45)43-30-6-4-3-5-29(30)39/h3-12,15-20H,13-14,39H2,1-2H3,(H,43,45)(H,46,47)/p-1. The Morgan fingerprint density at radius 2 is 1.69 bits per heavy atom. The summed E-state index contributed by atoms with van der Waals surface area (Å²) in [7, 11) is 1.29. The number of methoxy groups -OCH3 is 1. The van der Waals surface area contributed by atoms with E-state index in [4.69, 9.17) is 19.9 Å². The highest BCUT2D eigenvalue weighted by Crippen LogP contribution is 2.39. The Bertz CT molecular complexity index is 2260. The molecule has 0 bridgehead atoms. The Morgan fingerprint density at radius 3 is 2.41 bits per heavy atom. The number of nitrogens with one attached hydrogen (secondary N) is 1. The van der Waals surface area contributed by atoms with Gasteiger partial charge in [0.25, 0.3) is 5.91 Å². The number of aryl methyl sites for hydroxylation is 1. The number of para-hydroxylation sites is 2. The number of nitrogens with two attached hydrogens (primary N) is 1. The van der Waals surface area contributed by atoms with Crippen LogP contribution < -0.4 is 29.6 Å². The van der Waals surface area contributed by atoms with Gasteiger partial charge in [-0.1, -0.05) is 12.1 Å². The van der Waals surface area contributed by atoms with Crippen molar-refractivity contribution in [3.63, 3.8) is 0 Å². The maximum Gasteiger partial charge on any atom is 0.255 e. The number of pyridine rings is 1. The van der Waals surface area contributed by atoms with Crippen LogP contribution in [0.15, 0.2) is 97.5 Å². The molecule has 2 heterocycles. The van der Waals surface area contributed by atoms with Crippen LogP contribution in [0.25, 0.3) is 22.0 Å². The number of benzene rings is 4. The van der Waals surface area contributed by atoms with Crippen molar-refractivity contribution in [2.75, 3.05) is 35.7 Å². The first-order valence-electron chi connectivity index (χ1n) is 15.3. The number of hydrogen-bond acceptors (Lipinski definition) is 10. The molecule has 0 spiro atoms. The Morgan fingerprint density at radius 1 is 0.922 bits per heavy atom. The zero-order valence-electron chi connectivity index (χ0n) is 27.1. The fourth-order valence-corrected chi connectivity index (χ4v) is 5.79. The summed E-state index contributed by atoms with van der Waals surface area (Å²) in [5.74, 6) is -1.50. The molecule has 0 aliphatic carbocycles. The lowest BCUT2D eigenvalue weighted by Gasteiger charge is -2.28. The third kappa shape index (κ3) is 7.69. The lowest BCUT2D eigenvalue weighted by atomic mass is 10.0. The Hall–Kier alpha value is -6.19. The molecule has 0 radical (unpaired) electrons. The molecule has 260 valence electrons. The highest BCUT2D eigenvalue weighted by molar-refractivity contribution is 7.81. The normalized spacial score (nSPS) is 11.5. The van der Waals surface area contributed by atoms with Gasteiger partial charge in [-0.15, -0.1) is 0 Å². The predicted molar refractivity (Wildman–Crippen MR) is 188 cm³/mol. The SMILES string of the molecule is COc1ncc(-c2cc(OCCOc3ccc(C(=O)Nc4ccccc4N)cc3)c3ncnc(C)c3c2)cc1N(c1ccc(F)cc1F)S(=O)[O-]. The molecule has 0 saturated carbocycles. The van der Waals surface area contributed by atoms with Crippen molar-refractivity contribution < 1.29 is 36.5 Å². The van der Waals surface area contributed by atoms with Gasteiger partial charge in [0, 0.05) is 34.5 Å². The Balaban J connectivity index is 1.22. The van der Waals surface area contributed by atoms with Crippen molar-refractivity contribution in [2.45, 2.75) is 6.92 Å². The van der Waals surface area contributed by atoms with E-state index in [1.807, 2.05) is 0 Å². The van der Waals surface area contributed by atoms with Crippen molar-refractivity contribution in [1.29, 1.82) is 0 Å². The van der Waals surface area contributed by atoms with Gasteiger partial charge in [-0.2, -0.15) is 0 Å². The first kappa shape index (κ1) is 34.7. The van der Waals surface area contributed by atoms with Gasteiger partial charge in [-0.25, -0.2) is 23.7 Å². The smallest absolute Gasteiger partial charge is 0.255 e. The molecular weight excluding hydrogens is 682 g/mol. The Kier molecular flexibility index (Phi) is 10.3. The van der Waals surface area contributed by atoms with Crippen LogP contribution >= 0.6 is 0 Å². The second kappa shape index (κ2) is 15.1. The van der Waals surface area contributed by atoms with Gasteiger partial charge in [0.1, 0.15) is 48.1 Å². The topological polar surface area (TPSA) is 165 Å². The molecular formula is C36H29F2N6O6S-. The van der Waals surface area contributed by atoms with Gasteiger partial charge in [-0.3, -0.25) is 13.3 Å². The molecule has 4 aromatic carbocycles. The summed E-state index contributed by atoms with van der Waals surface area (Å²) in [5.41, 5.74) is 8.93. The minimum Gasteiger partial charge on any atom is -0.755 e. The van der Waals surface area contributed by atoms with E-state index in [-0.39, 0.29) is 30.7 Å². The van der Waals surface area contributed by atoms with E-state index in [0.29, 0.717) is 66.5 Å². The van der Waals surface area contributed by atoms with Crippen LogP contribution in [0.5, 0.6) is 17.4 Å². The number of hydrogen-bond donors (Lipinski definition) is 2. The number of nitrogens with zero attached hydrogens (tertiary/aromatic N) is 4. The van der Waals surface area contributed by atoms with Gasteiger partial charge in [0.15, 0.2) is 5.82 Å². The first-order chi connectivity index (χ1) is 24.6. The van der Waals surface area contributed by atoms with E-state index in [0.717, 1.165) is 12.1 Å². The quantitative estimate of drug-likeness (QED) is 0.0812. The van der Waals surface area contributed by atoms with Crippen LogP contribution in [0.2, 0.25) is 0 Å². The third-order valence-electron chi connectivity index (χ3n) is 7.69. The number of nitrogen functional groups attached to an aromatic ring is 1. The second-order valence-electron chi connectivity index (χ2n) is 11.0. The monoisotopic (exact) mass is 711 g/mol. The van der Waals surface area contributed by atoms with E-state index >= 15 is 0 Å². The van der Waals surface area contributed by atoms with Crippen molar-refractivity contribution in [1.82, 2.24) is 15.0 Å². The molecule has 0 fully saturated rings. The molecule has 1 unspecified atom stereocenters. The summed E-state index contributed by atoms with van der Waals surface area (Å²) in [4.78, 5) is 25.6. The van der Waals surface area contributed by atoms with Gasteiger partial charge < -0.3 is 29.8 Å². The average Bonchev–Trinajstić information content (AvgIpc) is 3.12. The van der Waals surface area contributed by atoms with Crippen LogP contribution in [-0.4, -0.2) is 49.9 Å². The third-order valence-corrected chi connectivity index (χ3v) is 8.38. The van der Waals surface area contributed by atoms with Crippen molar-refractivity contribution >= 4 is 50.8 Å². The van der Waals surface area contributed by atoms with Gasteiger partial charge in [0.05, 0.1) is 35.4 Å². The lowest BCUT2D eigenvalue weighted by Crippen LogP contribution is -2.22. The van der Waals surface area contributed by atoms with Gasteiger partial charge in [0.2, 0.25) is 5.88 Å². The van der Waals surface area contributed by atoms with Crippen LogP contribution in [0.3, 0.4) is 0 Å². The number of carbonyl (C=O) groups is 1. The second-order valence-corrected chi connectivity index (χ2v) is 11.8. The van der Waals surface area contributed by atoms with Gasteiger partial charge in [-0.05, 0) is 79.2 Å². The number of amides is 1. The first-order valence-corrected chi connectivity index (χ1v) is 16.3. The number of anilines is 4. The summed E-state index contributed by atoms with van der Waals surface area (Å²) in [5, 5.41) is 3.44. The fraction of sp³-hybridized carbons (Fsp3) is 0.111. The predicted octanol–water partition coefficient (Wildman–Crippen LogP) is 6.51. The van der Waals surface area contributed by atoms with E-state index in [2.05, 4.69) is 20.3 Å². The largest absolute Gasteiger partial charge is 0.755 e. The molecule has 0 saturated heterocycles. The summed E-state index contributed by atoms with van der Waals surface area (Å²) in [6, 6.07) is 21.0. The molecule has 51 heavy (non-hydrogen) atoms. The Labute approximate surface area is 293 Å². The fourth-order valence-electron chi connectivity index (χ4n) is 5.19. The molecule has 6 rings (SSSR count). The minimum absolute atomic E-state index is 0.107. The number of carbonyl (C=O) groups excluding carboxylic acids is 1. The van der Waals surface area contributed by atoms with Crippen molar-refractivity contribution in [2.24, 2.45) is 0 Å². The maximum atomic E-state index is 14.8. The van der Waals surface area contributed by atoms with Crippen LogP contribution in [0, 0.1) is 18.6 Å². The maximum absolute atomic E-state index is 14.8. The molecule has 0 aliphatic heterocycles. The lowest BCUT2D eigenvalue weighted by molar-refractivity contribution is 0.102. The van der Waals surface area contributed by atoms with Gasteiger partial charge >= 0.3 is 0 Å². The van der Waals surface area contributed by atoms with Crippen molar-refractivity contribution in [3.05, 3.63) is 120 Å². The molecule has 2 aromatic heterocycles. The summed E-state index contributed by atoms with van der Waals surface area (Å²) in [6.45, 7) is 2.05. The highest BCUT2D eigenvalue weighted by Gasteiger charge is 2.22. The molecule has 1 atom stereocenters. The average molecular weight is 712 g/mol. The summed E-state index contributed by atoms with van der Waals surface area (Å²) in [6.07, 6.45) is 2.87. The molecule has 1 amide bonds. The van der Waals surface area contributed by atoms with E-state index in [1.165, 1.54) is 25.7 Å². The minimum atomic E-state index is -3.05. The number of rotatable bonds is 12. The zero-order chi connectivity index (χ0) is 36.1. The van der Waals surface area contributed by atoms with Crippen LogP contribution in [-0.2, 0) is 11.3 Å². The molecule has 0 aliphatic rings. The zero-order valence-corrected chi connectivity index (χ0v) is 27.9. The van der Waals surface area contributed by atoms with E-state index in [9.17, 15) is 22.3 Å². The summed E-state index contributed by atoms with van der Waals surface area (Å²) >= 11 is -3.05. The van der Waals surface area contributed by atoms with E-state index in [1.54, 1.807) is 67.6 Å². The summed E-state index contributed by atoms with van der Waals surface area (Å²) < 4.78 is 71.2. The van der Waals surface area contributed by atoms with Crippen molar-refractivity contribution in [3.8, 4) is 28.5 Å². The highest BCUT2D eigenvalue weighted by atomic mass is 32.2. The van der Waals surface area contributed by atoms with Crippen LogP contribution in [0.1, 0.15) is 16.1 Å². The number of ether oxygens (including phenoxy) is 3. The molecule has 12 nitrogen and oxygen atoms in total. The molecule has 15 heteroatoms. The van der Waals surface area contributed by atoms with E-state index < -0.39 is 28.6 Å². The van der Waals surface area contributed by atoms with Crippen LogP contribution in [0.4, 0.5) is 31.5 Å². The number of fused-ring (bicyclic) bond motifs is 1. The molecule has 3 N–H and O–H groups in total.